The van der Waals surface area contributed by atoms with Crippen molar-refractivity contribution < 1.29 is 14.0 Å². The van der Waals surface area contributed by atoms with Crippen molar-refractivity contribution in [1.82, 2.24) is 24.4 Å². The number of aryl methyl sites for hydroxylation is 1. The number of benzene rings is 1. The molecule has 1 saturated heterocycles. The van der Waals surface area contributed by atoms with Crippen LogP contribution in [0.4, 0.5) is 10.2 Å². The van der Waals surface area contributed by atoms with Gasteiger partial charge in [-0.1, -0.05) is 44.2 Å². The fourth-order valence-corrected chi connectivity index (χ4v) is 5.89. The summed E-state index contributed by atoms with van der Waals surface area (Å²) in [6, 6.07) is 7.42. The van der Waals surface area contributed by atoms with Gasteiger partial charge in [-0.3, -0.25) is 9.78 Å². The van der Waals surface area contributed by atoms with Crippen molar-refractivity contribution in [3.63, 3.8) is 0 Å². The van der Waals surface area contributed by atoms with E-state index in [2.05, 4.69) is 16.5 Å². The monoisotopic (exact) mass is 600 g/mol. The van der Waals surface area contributed by atoms with Gasteiger partial charge in [-0.05, 0) is 49.6 Å². The lowest BCUT2D eigenvalue weighted by molar-refractivity contribution is -0.126. The van der Waals surface area contributed by atoms with Gasteiger partial charge >= 0.3 is 5.69 Å². The van der Waals surface area contributed by atoms with E-state index in [1.54, 1.807) is 23.2 Å². The van der Waals surface area contributed by atoms with Crippen molar-refractivity contribution in [3.8, 4) is 16.9 Å². The summed E-state index contributed by atoms with van der Waals surface area (Å²) in [6.07, 6.45) is 2.96. The van der Waals surface area contributed by atoms with E-state index < -0.39 is 11.5 Å². The quantitative estimate of drug-likeness (QED) is 0.243. The van der Waals surface area contributed by atoms with Crippen LogP contribution in [0.15, 0.2) is 54.0 Å². The molecule has 0 N–H and O–H groups in total. The minimum atomic E-state index is -0.665. The zero-order valence-electron chi connectivity index (χ0n) is 24.7. The fourth-order valence-electron chi connectivity index (χ4n) is 5.65. The Bertz CT molecular complexity index is 1860. The predicted octanol–water partition coefficient (Wildman–Crippen LogP) is 4.06. The number of carbonyl (C=O) groups is 2. The average Bonchev–Trinajstić information content (AvgIpc) is 2.96. The molecule has 0 spiro atoms. The van der Waals surface area contributed by atoms with Crippen molar-refractivity contribution in [2.75, 3.05) is 24.5 Å². The Morgan fingerprint density at radius 2 is 1.95 bits per heavy atom. The summed E-state index contributed by atoms with van der Waals surface area (Å²) in [5, 5.41) is 0.552. The van der Waals surface area contributed by atoms with Gasteiger partial charge in [-0.25, -0.2) is 18.7 Å². The lowest BCUT2D eigenvalue weighted by Gasteiger charge is -2.40. The summed E-state index contributed by atoms with van der Waals surface area (Å²) in [5.41, 5.74) is 1.32. The smallest absolute Gasteiger partial charge is 0.350 e. The van der Waals surface area contributed by atoms with Gasteiger partial charge in [0.25, 0.3) is 0 Å². The summed E-state index contributed by atoms with van der Waals surface area (Å²) < 4.78 is 16.8. The number of pyridine rings is 2. The van der Waals surface area contributed by atoms with E-state index in [0.717, 1.165) is 5.56 Å². The molecule has 220 valence electrons. The molecular formula is C31H31BClFN6O3. The number of halogens is 2. The highest BCUT2D eigenvalue weighted by Crippen LogP contribution is 2.37. The predicted molar refractivity (Wildman–Crippen MR) is 169 cm³/mol. The third kappa shape index (κ3) is 5.33. The minimum absolute atomic E-state index is 0.0323. The standard InChI is InChI=1S/C31H31BClFN6O3/c1-6-23(41)38-12-13-39(18(5)15-38)29-20-14-21(33)26(24-19(28(32)42)8-7-9-22(24)34)36-30(20)40(31(43)37-29)27-17(4)10-11-35-25(27)16(2)3/h6-11,14,16,18H,1,12-13,15,32H2,2-5H3/t18-/m0/s1. The molecule has 1 aromatic carbocycles. The molecule has 0 unspecified atom stereocenters. The highest BCUT2D eigenvalue weighted by molar-refractivity contribution is 6.63. The maximum absolute atomic E-state index is 15.4. The highest BCUT2D eigenvalue weighted by atomic mass is 35.5. The lowest BCUT2D eigenvalue weighted by Crippen LogP contribution is -2.54. The second-order valence-corrected chi connectivity index (χ2v) is 11.4. The number of piperazine rings is 1. The van der Waals surface area contributed by atoms with E-state index in [0.29, 0.717) is 42.2 Å². The van der Waals surface area contributed by atoms with Crippen LogP contribution in [0.1, 0.15) is 48.3 Å². The highest BCUT2D eigenvalue weighted by Gasteiger charge is 2.31. The van der Waals surface area contributed by atoms with Crippen LogP contribution in [0.2, 0.25) is 5.02 Å². The molecule has 12 heteroatoms. The summed E-state index contributed by atoms with van der Waals surface area (Å²) >= 11 is 6.82. The first-order valence-corrected chi connectivity index (χ1v) is 14.4. The molecule has 1 aliphatic rings. The Balaban J connectivity index is 1.86. The van der Waals surface area contributed by atoms with Crippen LogP contribution in [0.5, 0.6) is 0 Å². The number of fused-ring (bicyclic) bond motifs is 1. The topological polar surface area (TPSA) is 101 Å². The molecule has 1 fully saturated rings. The molecule has 1 atom stereocenters. The summed E-state index contributed by atoms with van der Waals surface area (Å²) in [7, 11) is 1.34. The molecule has 4 heterocycles. The van der Waals surface area contributed by atoms with Gasteiger partial charge in [0.15, 0.2) is 13.5 Å². The van der Waals surface area contributed by atoms with E-state index >= 15 is 4.39 Å². The first-order valence-electron chi connectivity index (χ1n) is 14.0. The van der Waals surface area contributed by atoms with Crippen LogP contribution in [0, 0.1) is 12.7 Å². The van der Waals surface area contributed by atoms with Gasteiger partial charge in [0.2, 0.25) is 5.91 Å². The number of nitrogens with zero attached hydrogens (tertiary/aromatic N) is 6. The third-order valence-corrected chi connectivity index (χ3v) is 8.03. The molecule has 0 aliphatic carbocycles. The van der Waals surface area contributed by atoms with Gasteiger partial charge in [0, 0.05) is 43.0 Å². The zero-order valence-corrected chi connectivity index (χ0v) is 25.4. The van der Waals surface area contributed by atoms with Crippen molar-refractivity contribution in [1.29, 1.82) is 0 Å². The number of rotatable bonds is 6. The molecule has 0 radical (unpaired) electrons. The van der Waals surface area contributed by atoms with Crippen LogP contribution < -0.4 is 10.6 Å². The molecule has 5 rings (SSSR count). The maximum Gasteiger partial charge on any atom is 0.355 e. The van der Waals surface area contributed by atoms with E-state index in [4.69, 9.17) is 16.6 Å². The number of hydrogen-bond donors (Lipinski definition) is 0. The second kappa shape index (κ2) is 11.7. The molecule has 0 saturated carbocycles. The lowest BCUT2D eigenvalue weighted by atomic mass is 9.89. The number of carbonyl (C=O) groups excluding carboxylic acids is 2. The van der Waals surface area contributed by atoms with Crippen molar-refractivity contribution in [2.45, 2.75) is 39.7 Å². The SMILES string of the molecule is BC(=O)c1cccc(F)c1-c1nc2c(cc1Cl)c(N1CCN(C(=O)C=C)C[C@@H]1C)nc(=O)n2-c1c(C)ccnc1C(C)C. The van der Waals surface area contributed by atoms with Gasteiger partial charge in [0.1, 0.15) is 17.3 Å². The molecule has 1 amide bonds. The van der Waals surface area contributed by atoms with Crippen LogP contribution in [0.3, 0.4) is 0 Å². The summed E-state index contributed by atoms with van der Waals surface area (Å²) in [4.78, 5) is 56.4. The first kappa shape index (κ1) is 30.1. The van der Waals surface area contributed by atoms with Crippen LogP contribution >= 0.6 is 11.6 Å². The number of hydrogen-bond acceptors (Lipinski definition) is 7. The van der Waals surface area contributed by atoms with Gasteiger partial charge in [-0.15, -0.1) is 0 Å². The van der Waals surface area contributed by atoms with Crippen LogP contribution in [-0.2, 0) is 4.79 Å². The molecule has 4 aromatic rings. The van der Waals surface area contributed by atoms with Crippen LogP contribution in [-0.4, -0.2) is 69.5 Å². The van der Waals surface area contributed by atoms with Crippen LogP contribution in [0.25, 0.3) is 28.0 Å². The Hall–Kier alpha value is -4.38. The van der Waals surface area contributed by atoms with E-state index in [-0.39, 0.29) is 51.0 Å². The summed E-state index contributed by atoms with van der Waals surface area (Å²) in [6.45, 7) is 12.5. The van der Waals surface area contributed by atoms with E-state index in [9.17, 15) is 14.4 Å². The molecule has 1 aliphatic heterocycles. The fraction of sp³-hybridized carbons (Fsp3) is 0.290. The van der Waals surface area contributed by atoms with Crippen molar-refractivity contribution in [2.24, 2.45) is 0 Å². The Labute approximate surface area is 254 Å². The molecule has 0 bridgehead atoms. The summed E-state index contributed by atoms with van der Waals surface area (Å²) in [5.74, 6) is -0.534. The zero-order chi connectivity index (χ0) is 31.2. The first-order chi connectivity index (χ1) is 20.4. The molecular weight excluding hydrogens is 570 g/mol. The number of anilines is 1. The normalized spacial score (nSPS) is 15.3. The Morgan fingerprint density at radius 1 is 1.21 bits per heavy atom. The maximum atomic E-state index is 15.4. The Kier molecular flexibility index (Phi) is 8.20. The average molecular weight is 601 g/mol. The van der Waals surface area contributed by atoms with E-state index in [1.807, 2.05) is 32.6 Å². The Morgan fingerprint density at radius 3 is 2.60 bits per heavy atom. The minimum Gasteiger partial charge on any atom is -0.350 e. The van der Waals surface area contributed by atoms with Crippen molar-refractivity contribution >= 4 is 47.9 Å². The third-order valence-electron chi connectivity index (χ3n) is 7.74. The van der Waals surface area contributed by atoms with Gasteiger partial charge in [0.05, 0.1) is 27.5 Å². The van der Waals surface area contributed by atoms with E-state index in [1.165, 1.54) is 36.7 Å². The second-order valence-electron chi connectivity index (χ2n) is 11.0. The van der Waals surface area contributed by atoms with Crippen molar-refractivity contribution in [3.05, 3.63) is 87.3 Å². The molecule has 9 nitrogen and oxygen atoms in total. The largest absolute Gasteiger partial charge is 0.355 e. The van der Waals surface area contributed by atoms with Gasteiger partial charge < -0.3 is 14.6 Å². The number of aromatic nitrogens is 4. The van der Waals surface area contributed by atoms with Gasteiger partial charge in [-0.2, -0.15) is 4.98 Å². The molecule has 43 heavy (non-hydrogen) atoms. The molecule has 3 aromatic heterocycles. The number of amides is 1.